The third-order valence-electron chi connectivity index (χ3n) is 8.79. The molecule has 2 saturated heterocycles. The number of methoxy groups -OCH3 is 1. The van der Waals surface area contributed by atoms with Gasteiger partial charge in [-0.15, -0.1) is 16.9 Å². The number of hydrogen-bond donors (Lipinski definition) is 1. The molecule has 2 aliphatic heterocycles. The summed E-state index contributed by atoms with van der Waals surface area (Å²) in [6, 6.07) is 36.0. The number of tetrazole rings is 1. The van der Waals surface area contributed by atoms with Gasteiger partial charge in [-0.1, -0.05) is 109 Å². The predicted molar refractivity (Wildman–Crippen MR) is 176 cm³/mol. The topological polar surface area (TPSA) is 85.2 Å². The molecule has 0 spiro atoms. The molecule has 228 valence electrons. The largest absolute Gasteiger partial charge is 0.495 e. The van der Waals surface area contributed by atoms with Crippen LogP contribution in [-0.2, 0) is 16.9 Å². The van der Waals surface area contributed by atoms with Crippen molar-refractivity contribution in [2.45, 2.75) is 48.1 Å². The summed E-state index contributed by atoms with van der Waals surface area (Å²) in [6.45, 7) is 4.73. The molecule has 2 fully saturated rings. The molecule has 0 saturated carbocycles. The van der Waals surface area contributed by atoms with E-state index in [0.717, 1.165) is 22.3 Å². The van der Waals surface area contributed by atoms with E-state index in [-0.39, 0.29) is 22.1 Å². The molecule has 0 aliphatic carbocycles. The summed E-state index contributed by atoms with van der Waals surface area (Å²) in [5.41, 5.74) is 3.37. The van der Waals surface area contributed by atoms with Gasteiger partial charge in [0.1, 0.15) is 23.2 Å². The van der Waals surface area contributed by atoms with Crippen LogP contribution in [0.25, 0.3) is 0 Å². The van der Waals surface area contributed by atoms with E-state index >= 15 is 0 Å². The van der Waals surface area contributed by atoms with Crippen molar-refractivity contribution in [3.8, 4) is 5.75 Å². The molecule has 3 heterocycles. The van der Waals surface area contributed by atoms with Crippen LogP contribution in [0.1, 0.15) is 48.0 Å². The van der Waals surface area contributed by atoms with Gasteiger partial charge in [0.15, 0.2) is 5.82 Å². The van der Waals surface area contributed by atoms with Crippen molar-refractivity contribution < 1.29 is 9.53 Å². The molecule has 8 nitrogen and oxygen atoms in total. The number of β-lactam (4-membered cyclic amide) rings is 1. The van der Waals surface area contributed by atoms with E-state index in [9.17, 15) is 4.79 Å². The average Bonchev–Trinajstić information content (AvgIpc) is 3.61. The van der Waals surface area contributed by atoms with E-state index in [1.807, 2.05) is 77.7 Å². The van der Waals surface area contributed by atoms with Gasteiger partial charge >= 0.3 is 0 Å². The Labute approximate surface area is 271 Å². The zero-order chi connectivity index (χ0) is 31.2. The first-order valence-electron chi connectivity index (χ1n) is 14.9. The number of halogens is 1. The first kappa shape index (κ1) is 29.5. The molecule has 1 N–H and O–H groups in total. The highest BCUT2D eigenvalue weighted by Gasteiger charge is 2.64. The van der Waals surface area contributed by atoms with E-state index in [1.54, 1.807) is 23.6 Å². The monoisotopic (exact) mass is 636 g/mol. The molecule has 4 aromatic carbocycles. The summed E-state index contributed by atoms with van der Waals surface area (Å²) in [5, 5.41) is 17.1. The van der Waals surface area contributed by atoms with Gasteiger partial charge < -0.3 is 9.64 Å². The minimum Gasteiger partial charge on any atom is -0.495 e. The molecule has 0 radical (unpaired) electrons. The van der Waals surface area contributed by atoms with Crippen LogP contribution >= 0.6 is 23.4 Å². The van der Waals surface area contributed by atoms with Crippen LogP contribution in [0, 0.1) is 0 Å². The Morgan fingerprint density at radius 1 is 0.911 bits per heavy atom. The van der Waals surface area contributed by atoms with Crippen LogP contribution in [0.4, 0.5) is 0 Å². The summed E-state index contributed by atoms with van der Waals surface area (Å²) < 4.78 is 6.73. The number of amides is 1. The molecule has 1 amide bonds. The molecule has 7 rings (SSSR count). The molecule has 2 aliphatic rings. The van der Waals surface area contributed by atoms with E-state index in [4.69, 9.17) is 16.3 Å². The van der Waals surface area contributed by atoms with Crippen molar-refractivity contribution in [1.29, 1.82) is 0 Å². The molecule has 10 heteroatoms. The maximum atomic E-state index is 14.3. The quantitative estimate of drug-likeness (QED) is 0.155. The fraction of sp³-hybridized carbons (Fsp3) is 0.257. The van der Waals surface area contributed by atoms with Gasteiger partial charge in [0.2, 0.25) is 5.91 Å². The second kappa shape index (κ2) is 11.6. The molecule has 3 atom stereocenters. The molecular weight excluding hydrogens is 604 g/mol. The Kier molecular flexibility index (Phi) is 7.63. The van der Waals surface area contributed by atoms with Crippen LogP contribution in [0.5, 0.6) is 5.75 Å². The summed E-state index contributed by atoms with van der Waals surface area (Å²) in [4.78, 5) is 16.3. The van der Waals surface area contributed by atoms with E-state index < -0.39 is 11.6 Å². The average molecular weight is 637 g/mol. The van der Waals surface area contributed by atoms with Crippen LogP contribution in [-0.4, -0.2) is 54.3 Å². The molecule has 45 heavy (non-hydrogen) atoms. The molecule has 1 aromatic heterocycles. The van der Waals surface area contributed by atoms with Crippen molar-refractivity contribution in [3.05, 3.63) is 142 Å². The highest BCUT2D eigenvalue weighted by Crippen LogP contribution is 2.57. The van der Waals surface area contributed by atoms with Crippen molar-refractivity contribution in [1.82, 2.24) is 30.4 Å². The third-order valence-corrected chi connectivity index (χ3v) is 10.7. The Balaban J connectivity index is 1.24. The Bertz CT molecular complexity index is 1720. The zero-order valence-corrected chi connectivity index (χ0v) is 26.7. The van der Waals surface area contributed by atoms with Gasteiger partial charge in [0.05, 0.1) is 24.2 Å². The molecule has 0 bridgehead atoms. The fourth-order valence-electron chi connectivity index (χ4n) is 6.71. The SMILES string of the molecule is COc1ccc(Cn2nnnc2C2N3C(=O)C(NC(c4ccccc4)(c4ccccc4)c4ccccc4)[C@@H]3SC2(C)C)cc1Cl. The first-order valence-corrected chi connectivity index (χ1v) is 16.1. The van der Waals surface area contributed by atoms with Crippen LogP contribution in [0.2, 0.25) is 5.02 Å². The zero-order valence-electron chi connectivity index (χ0n) is 25.2. The maximum absolute atomic E-state index is 14.3. The lowest BCUT2D eigenvalue weighted by Gasteiger charge is -2.49. The normalized spacial score (nSPS) is 20.5. The van der Waals surface area contributed by atoms with Crippen LogP contribution in [0.15, 0.2) is 109 Å². The number of nitrogens with zero attached hydrogens (tertiary/aromatic N) is 5. The van der Waals surface area contributed by atoms with E-state index in [2.05, 4.69) is 71.1 Å². The lowest BCUT2D eigenvalue weighted by molar-refractivity contribution is -0.150. The number of benzene rings is 4. The van der Waals surface area contributed by atoms with E-state index in [1.165, 1.54) is 0 Å². The van der Waals surface area contributed by atoms with Crippen molar-refractivity contribution >= 4 is 29.3 Å². The van der Waals surface area contributed by atoms with Gasteiger partial charge in [0.25, 0.3) is 0 Å². The van der Waals surface area contributed by atoms with Crippen molar-refractivity contribution in [2.75, 3.05) is 7.11 Å². The number of aromatic nitrogens is 4. The number of rotatable bonds is 9. The number of fused-ring (bicyclic) bond motifs is 1. The molecule has 5 aromatic rings. The standard InChI is InChI=1S/C35H33ClN6O2S/c1-34(2)30(31-38-39-40-41(31)22-23-19-20-28(44-3)27(36)21-23)42-32(43)29(33(42)45-34)37-35(24-13-7-4-8-14-24,25-15-9-5-10-16-25)26-17-11-6-12-18-26/h4-21,29-30,33,37H,22H2,1-3H3/t29?,30?,33-/m0/s1. The molecule has 2 unspecified atom stereocenters. The number of carbonyl (C=O) groups is 1. The smallest absolute Gasteiger partial charge is 0.244 e. The van der Waals surface area contributed by atoms with Crippen molar-refractivity contribution in [2.24, 2.45) is 0 Å². The highest BCUT2D eigenvalue weighted by molar-refractivity contribution is 8.01. The summed E-state index contributed by atoms with van der Waals surface area (Å²) >= 11 is 8.19. The lowest BCUT2D eigenvalue weighted by atomic mass is 9.76. The number of thioether (sulfide) groups is 1. The number of ether oxygens (including phenoxy) is 1. The second-order valence-corrected chi connectivity index (χ2v) is 14.1. The minimum absolute atomic E-state index is 0.0253. The summed E-state index contributed by atoms with van der Waals surface area (Å²) in [6.07, 6.45) is 0. The van der Waals surface area contributed by atoms with E-state index in [0.29, 0.717) is 23.1 Å². The Morgan fingerprint density at radius 2 is 1.49 bits per heavy atom. The maximum Gasteiger partial charge on any atom is 0.244 e. The fourth-order valence-corrected chi connectivity index (χ4v) is 8.62. The first-order chi connectivity index (χ1) is 21.8. The van der Waals surface area contributed by atoms with Gasteiger partial charge in [-0.05, 0) is 58.7 Å². The Hall–Kier alpha value is -4.18. The Morgan fingerprint density at radius 3 is 2.02 bits per heavy atom. The minimum atomic E-state index is -0.756. The summed E-state index contributed by atoms with van der Waals surface area (Å²) in [7, 11) is 1.59. The van der Waals surface area contributed by atoms with Gasteiger partial charge in [-0.3, -0.25) is 10.1 Å². The highest BCUT2D eigenvalue weighted by atomic mass is 35.5. The number of hydrogen-bond acceptors (Lipinski definition) is 7. The number of nitrogens with one attached hydrogen (secondary N) is 1. The number of carbonyl (C=O) groups excluding carboxylic acids is 1. The molecular formula is C35H33ClN6O2S. The summed E-state index contributed by atoms with van der Waals surface area (Å²) in [5.74, 6) is 1.28. The van der Waals surface area contributed by atoms with Gasteiger partial charge in [0, 0.05) is 4.75 Å². The van der Waals surface area contributed by atoms with Crippen LogP contribution in [0.3, 0.4) is 0 Å². The van der Waals surface area contributed by atoms with Crippen LogP contribution < -0.4 is 10.1 Å². The predicted octanol–water partition coefficient (Wildman–Crippen LogP) is 6.07. The van der Waals surface area contributed by atoms with Gasteiger partial charge in [-0.25, -0.2) is 4.68 Å². The lowest BCUT2D eigenvalue weighted by Crippen LogP contribution is -2.70. The van der Waals surface area contributed by atoms with Gasteiger partial charge in [-0.2, -0.15) is 0 Å². The van der Waals surface area contributed by atoms with Crippen molar-refractivity contribution in [3.63, 3.8) is 0 Å². The second-order valence-electron chi connectivity index (χ2n) is 11.9. The third kappa shape index (κ3) is 4.99.